The van der Waals surface area contributed by atoms with E-state index in [4.69, 9.17) is 10.8 Å². The number of nitrogens with two attached hydrogens (primary N) is 1. The summed E-state index contributed by atoms with van der Waals surface area (Å²) in [5, 5.41) is 12.3. The summed E-state index contributed by atoms with van der Waals surface area (Å²) in [6.07, 6.45) is 6.48. The van der Waals surface area contributed by atoms with Gasteiger partial charge in [0.05, 0.1) is 11.3 Å². The molecular weight excluding hydrogens is 230 g/mol. The smallest absolute Gasteiger partial charge is 0.337 e. The molecule has 1 aromatic rings. The fourth-order valence-electron chi connectivity index (χ4n) is 2.41. The van der Waals surface area contributed by atoms with Crippen LogP contribution in [0.25, 0.3) is 0 Å². The van der Waals surface area contributed by atoms with Gasteiger partial charge in [0.25, 0.3) is 0 Å². The van der Waals surface area contributed by atoms with Gasteiger partial charge in [-0.3, -0.25) is 0 Å². The predicted octanol–water partition coefficient (Wildman–Crippen LogP) is 1.96. The molecule has 2 aliphatic rings. The zero-order chi connectivity index (χ0) is 12.7. The molecule has 1 heterocycles. The van der Waals surface area contributed by atoms with Crippen LogP contribution < -0.4 is 11.1 Å². The van der Waals surface area contributed by atoms with Gasteiger partial charge in [0.2, 0.25) is 0 Å². The predicted molar refractivity (Wildman–Crippen MR) is 68.5 cm³/mol. The van der Waals surface area contributed by atoms with Crippen LogP contribution in [0.3, 0.4) is 0 Å². The molecule has 0 atom stereocenters. The Kier molecular flexibility index (Phi) is 2.61. The quantitative estimate of drug-likeness (QED) is 0.740. The lowest BCUT2D eigenvalue weighted by Crippen LogP contribution is -2.25. The van der Waals surface area contributed by atoms with E-state index >= 15 is 0 Å². The van der Waals surface area contributed by atoms with Gasteiger partial charge >= 0.3 is 5.97 Å². The summed E-state index contributed by atoms with van der Waals surface area (Å²) in [5.41, 5.74) is 6.41. The topological polar surface area (TPSA) is 88.2 Å². The Balaban J connectivity index is 1.77. The minimum Gasteiger partial charge on any atom is -0.478 e. The first-order valence-electron chi connectivity index (χ1n) is 6.40. The molecule has 2 aliphatic carbocycles. The second-order valence-corrected chi connectivity index (χ2v) is 5.31. The zero-order valence-electron chi connectivity index (χ0n) is 10.1. The van der Waals surface area contributed by atoms with E-state index in [1.165, 1.54) is 37.9 Å². The summed E-state index contributed by atoms with van der Waals surface area (Å²) in [6.45, 7) is 0. The number of hydrogen-bond acceptors (Lipinski definition) is 4. The van der Waals surface area contributed by atoms with E-state index in [9.17, 15) is 4.79 Å². The van der Waals surface area contributed by atoms with Gasteiger partial charge in [0.15, 0.2) is 0 Å². The number of aromatic nitrogens is 1. The first-order chi connectivity index (χ1) is 8.65. The van der Waals surface area contributed by atoms with Gasteiger partial charge in [-0.25, -0.2) is 9.78 Å². The SMILES string of the molecule is Nc1cc(C(=O)O)cnc1NC(C1CC1)C1CC1. The Labute approximate surface area is 105 Å². The van der Waals surface area contributed by atoms with Gasteiger partial charge in [-0.15, -0.1) is 0 Å². The molecule has 3 rings (SSSR count). The molecule has 0 amide bonds. The Morgan fingerprint density at radius 1 is 1.39 bits per heavy atom. The molecule has 1 aromatic heterocycles. The van der Waals surface area contributed by atoms with Crippen LogP contribution >= 0.6 is 0 Å². The molecule has 5 nitrogen and oxygen atoms in total. The molecule has 0 radical (unpaired) electrons. The van der Waals surface area contributed by atoms with Crippen LogP contribution in [-0.2, 0) is 0 Å². The molecule has 0 unspecified atom stereocenters. The van der Waals surface area contributed by atoms with E-state index < -0.39 is 5.97 Å². The van der Waals surface area contributed by atoms with Gasteiger partial charge in [-0.1, -0.05) is 0 Å². The number of rotatable bonds is 5. The zero-order valence-corrected chi connectivity index (χ0v) is 10.1. The molecule has 0 spiro atoms. The second-order valence-electron chi connectivity index (χ2n) is 5.31. The molecule has 2 fully saturated rings. The van der Waals surface area contributed by atoms with Crippen molar-refractivity contribution in [1.82, 2.24) is 4.98 Å². The normalized spacial score (nSPS) is 18.9. The first kappa shape index (κ1) is 11.3. The maximum absolute atomic E-state index is 10.8. The van der Waals surface area contributed by atoms with Gasteiger partial charge < -0.3 is 16.2 Å². The Hall–Kier alpha value is -1.78. The van der Waals surface area contributed by atoms with Gasteiger partial charge in [0.1, 0.15) is 5.82 Å². The van der Waals surface area contributed by atoms with Gasteiger partial charge in [-0.2, -0.15) is 0 Å². The van der Waals surface area contributed by atoms with E-state index in [-0.39, 0.29) is 5.56 Å². The van der Waals surface area contributed by atoms with Crippen molar-refractivity contribution < 1.29 is 9.90 Å². The Morgan fingerprint density at radius 2 is 2.00 bits per heavy atom. The molecule has 4 N–H and O–H groups in total. The van der Waals surface area contributed by atoms with Crippen molar-refractivity contribution in [2.45, 2.75) is 31.7 Å². The van der Waals surface area contributed by atoms with Crippen molar-refractivity contribution in [2.24, 2.45) is 11.8 Å². The van der Waals surface area contributed by atoms with Crippen molar-refractivity contribution in [3.63, 3.8) is 0 Å². The highest BCUT2D eigenvalue weighted by molar-refractivity contribution is 5.89. The van der Waals surface area contributed by atoms with Gasteiger partial charge in [0, 0.05) is 12.2 Å². The van der Waals surface area contributed by atoms with Gasteiger partial charge in [-0.05, 0) is 43.6 Å². The highest BCUT2D eigenvalue weighted by Gasteiger charge is 2.41. The number of carboxylic acids is 1. The number of nitrogens with zero attached hydrogens (tertiary/aromatic N) is 1. The monoisotopic (exact) mass is 247 g/mol. The lowest BCUT2D eigenvalue weighted by atomic mass is 10.1. The average molecular weight is 247 g/mol. The van der Waals surface area contributed by atoms with Crippen molar-refractivity contribution in [1.29, 1.82) is 0 Å². The van der Waals surface area contributed by atoms with E-state index in [1.54, 1.807) is 0 Å². The number of nitrogen functional groups attached to an aromatic ring is 1. The number of hydrogen-bond donors (Lipinski definition) is 3. The maximum Gasteiger partial charge on any atom is 0.337 e. The van der Waals surface area contributed by atoms with Crippen LogP contribution in [0.1, 0.15) is 36.0 Å². The van der Waals surface area contributed by atoms with Crippen molar-refractivity contribution in [3.8, 4) is 0 Å². The van der Waals surface area contributed by atoms with Crippen LogP contribution in [0.2, 0.25) is 0 Å². The fraction of sp³-hybridized carbons (Fsp3) is 0.538. The van der Waals surface area contributed by atoms with Crippen molar-refractivity contribution in [3.05, 3.63) is 17.8 Å². The third-order valence-corrected chi connectivity index (χ3v) is 3.73. The number of anilines is 2. The third kappa shape index (κ3) is 2.25. The lowest BCUT2D eigenvalue weighted by molar-refractivity contribution is 0.0696. The molecule has 0 saturated heterocycles. The summed E-state index contributed by atoms with van der Waals surface area (Å²) in [4.78, 5) is 14.9. The van der Waals surface area contributed by atoms with Crippen LogP contribution in [0, 0.1) is 11.8 Å². The lowest BCUT2D eigenvalue weighted by Gasteiger charge is -2.19. The summed E-state index contributed by atoms with van der Waals surface area (Å²) >= 11 is 0. The van der Waals surface area contributed by atoms with Crippen molar-refractivity contribution >= 4 is 17.5 Å². The number of pyridine rings is 1. The van der Waals surface area contributed by atoms with E-state index in [1.807, 2.05) is 0 Å². The number of carboxylic acid groups (broad SMARTS) is 1. The molecule has 2 saturated carbocycles. The first-order valence-corrected chi connectivity index (χ1v) is 6.40. The third-order valence-electron chi connectivity index (χ3n) is 3.73. The Bertz CT molecular complexity index is 469. The summed E-state index contributed by atoms with van der Waals surface area (Å²) in [7, 11) is 0. The highest BCUT2D eigenvalue weighted by atomic mass is 16.4. The van der Waals surface area contributed by atoms with Crippen LogP contribution in [0.4, 0.5) is 11.5 Å². The van der Waals surface area contributed by atoms with E-state index in [0.717, 1.165) is 11.8 Å². The van der Waals surface area contributed by atoms with Crippen LogP contribution in [0.5, 0.6) is 0 Å². The summed E-state index contributed by atoms with van der Waals surface area (Å²) < 4.78 is 0. The largest absolute Gasteiger partial charge is 0.478 e. The minimum absolute atomic E-state index is 0.132. The molecule has 96 valence electrons. The van der Waals surface area contributed by atoms with Crippen LogP contribution in [0.15, 0.2) is 12.3 Å². The van der Waals surface area contributed by atoms with Crippen molar-refractivity contribution in [2.75, 3.05) is 11.1 Å². The molecular formula is C13H17N3O2. The van der Waals surface area contributed by atoms with E-state index in [0.29, 0.717) is 17.5 Å². The maximum atomic E-state index is 10.8. The number of carbonyl (C=O) groups is 1. The molecule has 0 aromatic carbocycles. The Morgan fingerprint density at radius 3 is 2.44 bits per heavy atom. The molecule has 18 heavy (non-hydrogen) atoms. The standard InChI is InChI=1S/C13H17N3O2/c14-10-5-9(13(17)18)6-15-12(10)16-11(7-1-2-7)8-3-4-8/h5-8,11H,1-4,14H2,(H,15,16)(H,17,18). The summed E-state index contributed by atoms with van der Waals surface area (Å²) in [5.74, 6) is 1.13. The molecule has 0 aliphatic heterocycles. The fourth-order valence-corrected chi connectivity index (χ4v) is 2.41. The summed E-state index contributed by atoms with van der Waals surface area (Å²) in [6, 6.07) is 1.93. The second kappa shape index (κ2) is 4.15. The van der Waals surface area contributed by atoms with Crippen LogP contribution in [-0.4, -0.2) is 22.1 Å². The highest BCUT2D eigenvalue weighted by Crippen LogP contribution is 2.46. The number of aromatic carboxylic acids is 1. The average Bonchev–Trinajstić information content (AvgIpc) is 3.19. The molecule has 5 heteroatoms. The number of nitrogens with one attached hydrogen (secondary N) is 1. The molecule has 0 bridgehead atoms. The van der Waals surface area contributed by atoms with E-state index in [2.05, 4.69) is 10.3 Å². The minimum atomic E-state index is -0.998.